The molecule has 0 aliphatic heterocycles. The van der Waals surface area contributed by atoms with Gasteiger partial charge in [0.2, 0.25) is 0 Å². The van der Waals surface area contributed by atoms with Crippen molar-refractivity contribution in [3.63, 3.8) is 0 Å². The van der Waals surface area contributed by atoms with Crippen LogP contribution in [0.5, 0.6) is 0 Å². The standard InChI is InChI=1S/C26H18N2O/c1-16-12-18(14-27)10-11-19(16)23-13-24(28-15-17(23)2)22-8-5-7-21-20-6-3-4-9-25(20)29-26(21)22/h3-13,15H,1-2H3/i1D3,2D3. The van der Waals surface area contributed by atoms with Gasteiger partial charge in [0.25, 0.3) is 0 Å². The molecule has 3 heteroatoms. The van der Waals surface area contributed by atoms with Crippen LogP contribution in [-0.4, -0.2) is 4.98 Å². The van der Waals surface area contributed by atoms with Gasteiger partial charge >= 0.3 is 0 Å². The highest BCUT2D eigenvalue weighted by molar-refractivity contribution is 6.09. The predicted molar refractivity (Wildman–Crippen MR) is 117 cm³/mol. The number of hydrogen-bond acceptors (Lipinski definition) is 3. The lowest BCUT2D eigenvalue weighted by Gasteiger charge is -2.12. The van der Waals surface area contributed by atoms with Gasteiger partial charge in [0.1, 0.15) is 11.2 Å². The molecule has 0 N–H and O–H groups in total. The minimum absolute atomic E-state index is 0.0757. The Morgan fingerprint density at radius 1 is 0.862 bits per heavy atom. The van der Waals surface area contributed by atoms with Gasteiger partial charge in [0, 0.05) is 30.8 Å². The summed E-state index contributed by atoms with van der Waals surface area (Å²) in [7, 11) is 0. The van der Waals surface area contributed by atoms with Crippen molar-refractivity contribution in [2.75, 3.05) is 0 Å². The number of furan rings is 1. The van der Waals surface area contributed by atoms with Gasteiger partial charge in [0.05, 0.1) is 17.3 Å². The number of benzene rings is 3. The minimum Gasteiger partial charge on any atom is -0.455 e. The van der Waals surface area contributed by atoms with Crippen LogP contribution in [0.4, 0.5) is 0 Å². The Morgan fingerprint density at radius 3 is 2.59 bits per heavy atom. The monoisotopic (exact) mass is 380 g/mol. The van der Waals surface area contributed by atoms with Crippen LogP contribution in [0.25, 0.3) is 44.3 Å². The number of rotatable bonds is 2. The molecule has 5 aromatic rings. The molecule has 29 heavy (non-hydrogen) atoms. The van der Waals surface area contributed by atoms with Crippen LogP contribution in [0.15, 0.2) is 77.3 Å². The van der Waals surface area contributed by atoms with Gasteiger partial charge in [-0.25, -0.2) is 0 Å². The van der Waals surface area contributed by atoms with E-state index in [0.29, 0.717) is 22.4 Å². The van der Waals surface area contributed by atoms with E-state index in [1.54, 1.807) is 6.07 Å². The third-order valence-electron chi connectivity index (χ3n) is 5.02. The topological polar surface area (TPSA) is 49.8 Å². The lowest BCUT2D eigenvalue weighted by Crippen LogP contribution is -1.92. The summed E-state index contributed by atoms with van der Waals surface area (Å²) in [5.74, 6) is 0. The fourth-order valence-electron chi connectivity index (χ4n) is 3.62. The molecule has 2 aromatic heterocycles. The molecule has 0 spiro atoms. The maximum absolute atomic E-state index is 9.28. The fourth-order valence-corrected chi connectivity index (χ4v) is 3.62. The molecule has 0 bridgehead atoms. The molecule has 0 unspecified atom stereocenters. The minimum atomic E-state index is -2.56. The van der Waals surface area contributed by atoms with Gasteiger partial charge in [-0.15, -0.1) is 0 Å². The second kappa shape index (κ2) is 6.61. The van der Waals surface area contributed by atoms with Crippen LogP contribution >= 0.6 is 0 Å². The molecule has 0 saturated carbocycles. The fraction of sp³-hybridized carbons (Fsp3) is 0.0769. The molecule has 138 valence electrons. The lowest BCUT2D eigenvalue weighted by atomic mass is 9.94. The highest BCUT2D eigenvalue weighted by atomic mass is 16.3. The summed E-state index contributed by atoms with van der Waals surface area (Å²) in [5.41, 5.74) is 2.86. The Labute approximate surface area is 177 Å². The molecule has 0 saturated heterocycles. The zero-order valence-electron chi connectivity index (χ0n) is 21.2. The molecular weight excluding hydrogens is 356 g/mol. The van der Waals surface area contributed by atoms with Crippen molar-refractivity contribution in [3.05, 3.63) is 89.6 Å². The second-order valence-corrected chi connectivity index (χ2v) is 6.77. The van der Waals surface area contributed by atoms with Crippen molar-refractivity contribution < 1.29 is 12.6 Å². The maximum atomic E-state index is 9.28. The zero-order chi connectivity index (χ0) is 25.0. The van der Waals surface area contributed by atoms with Crippen molar-refractivity contribution in [2.24, 2.45) is 0 Å². The Hall–Kier alpha value is -3.90. The SMILES string of the molecule is [2H]C([2H])([2H])c1cnc(-c2cccc3c2oc2ccccc23)cc1-c1ccc(C#N)cc1C([2H])([2H])[2H]. The first kappa shape index (κ1) is 11.8. The summed E-state index contributed by atoms with van der Waals surface area (Å²) in [6.45, 7) is -5.09. The third kappa shape index (κ3) is 2.78. The summed E-state index contributed by atoms with van der Waals surface area (Å²) < 4.78 is 54.2. The van der Waals surface area contributed by atoms with Crippen LogP contribution in [0.1, 0.15) is 24.9 Å². The van der Waals surface area contributed by atoms with Gasteiger partial charge in [-0.2, -0.15) is 5.26 Å². The van der Waals surface area contributed by atoms with E-state index in [-0.39, 0.29) is 27.8 Å². The van der Waals surface area contributed by atoms with Crippen LogP contribution < -0.4 is 0 Å². The Kier molecular flexibility index (Phi) is 2.70. The largest absolute Gasteiger partial charge is 0.455 e. The van der Waals surface area contributed by atoms with Crippen molar-refractivity contribution in [1.29, 1.82) is 5.26 Å². The molecular formula is C26H18N2O. The van der Waals surface area contributed by atoms with Crippen LogP contribution in [0, 0.1) is 25.0 Å². The van der Waals surface area contributed by atoms with Crippen LogP contribution in [0.2, 0.25) is 0 Å². The van der Waals surface area contributed by atoms with Gasteiger partial charge in [-0.05, 0) is 66.3 Å². The van der Waals surface area contributed by atoms with E-state index >= 15 is 0 Å². The van der Waals surface area contributed by atoms with E-state index < -0.39 is 13.7 Å². The van der Waals surface area contributed by atoms with E-state index in [1.807, 2.05) is 48.5 Å². The molecule has 0 radical (unpaired) electrons. The number of nitrogens with zero attached hydrogens (tertiary/aromatic N) is 2. The van der Waals surface area contributed by atoms with E-state index in [9.17, 15) is 5.26 Å². The molecule has 0 fully saturated rings. The quantitative estimate of drug-likeness (QED) is 0.338. The molecule has 0 atom stereocenters. The van der Waals surface area contributed by atoms with Crippen molar-refractivity contribution in [3.8, 4) is 28.5 Å². The molecule has 0 aliphatic rings. The van der Waals surface area contributed by atoms with E-state index in [4.69, 9.17) is 12.6 Å². The molecule has 3 nitrogen and oxygen atoms in total. The number of para-hydroxylation sites is 2. The third-order valence-corrected chi connectivity index (χ3v) is 5.02. The number of hydrogen-bond donors (Lipinski definition) is 0. The first-order chi connectivity index (χ1) is 16.6. The van der Waals surface area contributed by atoms with Gasteiger partial charge in [0.15, 0.2) is 0 Å². The summed E-state index contributed by atoms with van der Waals surface area (Å²) in [6, 6.07) is 21.0. The second-order valence-electron chi connectivity index (χ2n) is 6.77. The Balaban J connectivity index is 1.81. The summed E-state index contributed by atoms with van der Waals surface area (Å²) in [4.78, 5) is 4.43. The maximum Gasteiger partial charge on any atom is 0.144 e. The number of pyridine rings is 1. The number of nitriles is 1. The van der Waals surface area contributed by atoms with Gasteiger partial charge in [-0.1, -0.05) is 36.4 Å². The smallest absolute Gasteiger partial charge is 0.144 e. The zero-order valence-corrected chi connectivity index (χ0v) is 15.2. The number of fused-ring (bicyclic) bond motifs is 3. The summed E-state index contributed by atoms with van der Waals surface area (Å²) >= 11 is 0. The van der Waals surface area contributed by atoms with Crippen molar-refractivity contribution >= 4 is 21.9 Å². The first-order valence-corrected chi connectivity index (χ1v) is 9.04. The predicted octanol–water partition coefficient (Wildman–Crippen LogP) is 6.80. The van der Waals surface area contributed by atoms with E-state index in [0.717, 1.165) is 10.8 Å². The molecule has 0 aliphatic carbocycles. The Bertz CT molecular complexity index is 1640. The normalized spacial score (nSPS) is 15.0. The van der Waals surface area contributed by atoms with Crippen LogP contribution in [-0.2, 0) is 0 Å². The Morgan fingerprint density at radius 2 is 1.72 bits per heavy atom. The summed E-state index contributed by atoms with van der Waals surface area (Å²) in [5, 5.41) is 11.1. The van der Waals surface area contributed by atoms with E-state index in [1.165, 1.54) is 24.4 Å². The van der Waals surface area contributed by atoms with Crippen molar-refractivity contribution in [2.45, 2.75) is 13.7 Å². The lowest BCUT2D eigenvalue weighted by molar-refractivity contribution is 0.670. The molecule has 3 aromatic carbocycles. The summed E-state index contributed by atoms with van der Waals surface area (Å²) in [6.07, 6.45) is 1.26. The highest BCUT2D eigenvalue weighted by Gasteiger charge is 2.15. The van der Waals surface area contributed by atoms with Crippen LogP contribution in [0.3, 0.4) is 0 Å². The first-order valence-electron chi connectivity index (χ1n) is 12.0. The van der Waals surface area contributed by atoms with Crippen molar-refractivity contribution in [1.82, 2.24) is 4.98 Å². The average molecular weight is 380 g/mol. The molecule has 2 heterocycles. The average Bonchev–Trinajstić information content (AvgIpc) is 3.21. The number of aryl methyl sites for hydroxylation is 2. The number of aromatic nitrogens is 1. The van der Waals surface area contributed by atoms with E-state index in [2.05, 4.69) is 4.98 Å². The molecule has 0 amide bonds. The van der Waals surface area contributed by atoms with Gasteiger partial charge in [-0.3, -0.25) is 4.98 Å². The molecule has 5 rings (SSSR count). The van der Waals surface area contributed by atoms with Gasteiger partial charge < -0.3 is 4.42 Å². The highest BCUT2D eigenvalue weighted by Crippen LogP contribution is 2.37.